The van der Waals surface area contributed by atoms with Gasteiger partial charge in [-0.1, -0.05) is 133 Å². The van der Waals surface area contributed by atoms with Gasteiger partial charge in [-0.3, -0.25) is 0 Å². The third-order valence-electron chi connectivity index (χ3n) is 9.18. The minimum Gasteiger partial charge on any atom is -0.378 e. The number of halogens is 3. The molecule has 4 rings (SSSR count). The van der Waals surface area contributed by atoms with E-state index in [1.165, 1.54) is 57.8 Å². The van der Waals surface area contributed by atoms with E-state index in [0.717, 1.165) is 55.2 Å². The fourth-order valence-electron chi connectivity index (χ4n) is 6.41. The molecule has 0 aromatic heterocycles. The summed E-state index contributed by atoms with van der Waals surface area (Å²) in [6.07, 6.45) is 18.3. The maximum Gasteiger partial charge on any atom is 0.166 e. The molecule has 43 heavy (non-hydrogen) atoms. The molecule has 3 aromatic carbocycles. The molecule has 1 heterocycles. The van der Waals surface area contributed by atoms with E-state index in [1.54, 1.807) is 30.3 Å². The summed E-state index contributed by atoms with van der Waals surface area (Å²) in [6, 6.07) is 16.1. The predicted molar refractivity (Wildman–Crippen MR) is 174 cm³/mol. The quantitative estimate of drug-likeness (QED) is 0.142. The normalized spacial score (nSPS) is 17.0. The molecule has 1 nitrogen and oxygen atoms in total. The fourth-order valence-corrected chi connectivity index (χ4v) is 6.41. The molecule has 1 fully saturated rings. The number of rotatable bonds is 17. The number of hydrogen-bond donors (Lipinski definition) is 0. The van der Waals surface area contributed by atoms with Gasteiger partial charge >= 0.3 is 0 Å². The molecular weight excluding hydrogens is 541 g/mol. The van der Waals surface area contributed by atoms with Crippen LogP contribution in [0.5, 0.6) is 0 Å². The van der Waals surface area contributed by atoms with Crippen molar-refractivity contribution in [3.8, 4) is 22.3 Å². The maximum atomic E-state index is 15.3. The smallest absolute Gasteiger partial charge is 0.166 e. The third kappa shape index (κ3) is 9.70. The first-order valence-electron chi connectivity index (χ1n) is 17.0. The Morgan fingerprint density at radius 3 is 1.91 bits per heavy atom. The summed E-state index contributed by atoms with van der Waals surface area (Å²) in [5.41, 5.74) is 3.64. The van der Waals surface area contributed by atoms with Gasteiger partial charge in [0.15, 0.2) is 11.6 Å². The van der Waals surface area contributed by atoms with E-state index in [4.69, 9.17) is 4.74 Å². The van der Waals surface area contributed by atoms with Crippen molar-refractivity contribution < 1.29 is 17.9 Å². The van der Waals surface area contributed by atoms with Crippen LogP contribution in [-0.2, 0) is 11.2 Å². The second kappa shape index (κ2) is 17.6. The molecule has 2 unspecified atom stereocenters. The molecule has 4 heteroatoms. The van der Waals surface area contributed by atoms with E-state index in [0.29, 0.717) is 30.3 Å². The van der Waals surface area contributed by atoms with Crippen molar-refractivity contribution in [2.75, 3.05) is 6.61 Å². The molecular formula is C39H51F3O. The molecule has 0 saturated carbocycles. The lowest BCUT2D eigenvalue weighted by atomic mass is 9.88. The summed E-state index contributed by atoms with van der Waals surface area (Å²) in [6.45, 7) is 5.01. The molecule has 0 spiro atoms. The third-order valence-corrected chi connectivity index (χ3v) is 9.18. The zero-order valence-electron chi connectivity index (χ0n) is 26.4. The average molecular weight is 593 g/mol. The monoisotopic (exact) mass is 592 g/mol. The van der Waals surface area contributed by atoms with Gasteiger partial charge in [0.2, 0.25) is 0 Å². The van der Waals surface area contributed by atoms with Gasteiger partial charge in [-0.15, -0.1) is 0 Å². The fraction of sp³-hybridized carbons (Fsp3) is 0.538. The van der Waals surface area contributed by atoms with Crippen LogP contribution in [0.15, 0.2) is 54.6 Å². The SMILES string of the molecule is CCCCCCCCCc1ccc(-c2ccc(-c3ccc(C4CCC(CCCCCCC)OC4)c(F)c3)cc2)c(F)c1F. The highest BCUT2D eigenvalue weighted by Gasteiger charge is 2.25. The highest BCUT2D eigenvalue weighted by atomic mass is 19.2. The zero-order chi connectivity index (χ0) is 30.4. The molecule has 0 aliphatic carbocycles. The van der Waals surface area contributed by atoms with Gasteiger partial charge in [0, 0.05) is 11.5 Å². The standard InChI is InChI=1S/C39H51F3O/c1-3-5-7-9-10-12-13-15-31-22-26-36(39(42)38(31)41)30-19-17-29(18-20-30)32-23-25-35(37(40)27-32)33-21-24-34(43-28-33)16-14-11-8-6-4-2/h17-20,22-23,25-27,33-34H,3-16,21,24,28H2,1-2H3. The molecule has 1 aliphatic heterocycles. The van der Waals surface area contributed by atoms with Gasteiger partial charge in [-0.05, 0) is 66.0 Å². The average Bonchev–Trinajstić information content (AvgIpc) is 3.03. The summed E-state index contributed by atoms with van der Waals surface area (Å²) in [5.74, 6) is -1.66. The van der Waals surface area contributed by atoms with Crippen LogP contribution in [-0.4, -0.2) is 12.7 Å². The number of unbranched alkanes of at least 4 members (excludes halogenated alkanes) is 10. The van der Waals surface area contributed by atoms with Gasteiger partial charge < -0.3 is 4.74 Å². The van der Waals surface area contributed by atoms with E-state index in [-0.39, 0.29) is 17.3 Å². The van der Waals surface area contributed by atoms with Crippen molar-refractivity contribution >= 4 is 0 Å². The largest absolute Gasteiger partial charge is 0.378 e. The summed E-state index contributed by atoms with van der Waals surface area (Å²) in [4.78, 5) is 0. The minimum absolute atomic E-state index is 0.0828. The Balaban J connectivity index is 1.31. The molecule has 234 valence electrons. The lowest BCUT2D eigenvalue weighted by Gasteiger charge is -2.29. The van der Waals surface area contributed by atoms with Crippen LogP contribution in [0.3, 0.4) is 0 Å². The van der Waals surface area contributed by atoms with Crippen LogP contribution in [0.25, 0.3) is 22.3 Å². The Morgan fingerprint density at radius 1 is 0.628 bits per heavy atom. The van der Waals surface area contributed by atoms with E-state index >= 15 is 8.78 Å². The maximum absolute atomic E-state index is 15.3. The molecule has 0 radical (unpaired) electrons. The number of benzene rings is 3. The summed E-state index contributed by atoms with van der Waals surface area (Å²) >= 11 is 0. The van der Waals surface area contributed by atoms with E-state index in [2.05, 4.69) is 13.8 Å². The van der Waals surface area contributed by atoms with Gasteiger partial charge in [-0.25, -0.2) is 13.2 Å². The van der Waals surface area contributed by atoms with Crippen LogP contribution in [0.2, 0.25) is 0 Å². The second-order valence-electron chi connectivity index (χ2n) is 12.5. The Labute approximate surface area is 258 Å². The first-order chi connectivity index (χ1) is 21.0. The predicted octanol–water partition coefficient (Wildman–Crippen LogP) is 12.4. The van der Waals surface area contributed by atoms with Crippen molar-refractivity contribution in [1.82, 2.24) is 0 Å². The lowest BCUT2D eigenvalue weighted by Crippen LogP contribution is -2.25. The molecule has 3 aromatic rings. The van der Waals surface area contributed by atoms with Crippen LogP contribution < -0.4 is 0 Å². The van der Waals surface area contributed by atoms with E-state index in [1.807, 2.05) is 24.3 Å². The van der Waals surface area contributed by atoms with Gasteiger partial charge in [0.25, 0.3) is 0 Å². The zero-order valence-corrected chi connectivity index (χ0v) is 26.4. The minimum atomic E-state index is -0.794. The Kier molecular flexibility index (Phi) is 13.7. The van der Waals surface area contributed by atoms with E-state index in [9.17, 15) is 4.39 Å². The topological polar surface area (TPSA) is 9.23 Å². The van der Waals surface area contributed by atoms with Crippen molar-refractivity contribution in [3.63, 3.8) is 0 Å². The molecule has 1 aliphatic rings. The molecule has 2 atom stereocenters. The van der Waals surface area contributed by atoms with Crippen LogP contribution in [0, 0.1) is 17.5 Å². The Hall–Kier alpha value is -2.59. The van der Waals surface area contributed by atoms with Gasteiger partial charge in [-0.2, -0.15) is 0 Å². The summed E-state index contributed by atoms with van der Waals surface area (Å²) in [7, 11) is 0. The van der Waals surface area contributed by atoms with Crippen LogP contribution in [0.1, 0.15) is 127 Å². The second-order valence-corrected chi connectivity index (χ2v) is 12.5. The summed E-state index contributed by atoms with van der Waals surface area (Å²) < 4.78 is 51.3. The van der Waals surface area contributed by atoms with Crippen LogP contribution >= 0.6 is 0 Å². The molecule has 0 amide bonds. The van der Waals surface area contributed by atoms with E-state index < -0.39 is 11.6 Å². The van der Waals surface area contributed by atoms with Crippen molar-refractivity contribution in [2.45, 2.75) is 129 Å². The Bertz CT molecular complexity index is 1240. The Morgan fingerprint density at radius 2 is 1.26 bits per heavy atom. The molecule has 0 bridgehead atoms. The van der Waals surface area contributed by atoms with Gasteiger partial charge in [0.1, 0.15) is 5.82 Å². The number of ether oxygens (including phenoxy) is 1. The lowest BCUT2D eigenvalue weighted by molar-refractivity contribution is -0.00273. The van der Waals surface area contributed by atoms with Crippen LogP contribution in [0.4, 0.5) is 13.2 Å². The first-order valence-corrected chi connectivity index (χ1v) is 17.0. The van der Waals surface area contributed by atoms with Crippen molar-refractivity contribution in [1.29, 1.82) is 0 Å². The molecule has 1 saturated heterocycles. The molecule has 0 N–H and O–H groups in total. The summed E-state index contributed by atoms with van der Waals surface area (Å²) in [5, 5.41) is 0. The van der Waals surface area contributed by atoms with Crippen molar-refractivity contribution in [2.24, 2.45) is 0 Å². The van der Waals surface area contributed by atoms with Crippen molar-refractivity contribution in [3.05, 3.63) is 83.2 Å². The first kappa shape index (κ1) is 33.3. The number of aryl methyl sites for hydroxylation is 1. The number of hydrogen-bond acceptors (Lipinski definition) is 1. The highest BCUT2D eigenvalue weighted by Crippen LogP contribution is 2.34. The highest BCUT2D eigenvalue weighted by molar-refractivity contribution is 5.71. The van der Waals surface area contributed by atoms with Gasteiger partial charge in [0.05, 0.1) is 12.7 Å².